The van der Waals surface area contributed by atoms with Gasteiger partial charge in [0.25, 0.3) is 0 Å². The molecular weight excluding hydrogens is 2090 g/mol. The molecule has 0 atom stereocenters. The first-order chi connectivity index (χ1) is 62.3. The van der Waals surface area contributed by atoms with Crippen molar-refractivity contribution < 1.29 is 0 Å². The fraction of sp³-hybridized carbons (Fsp3) is 0. The van der Waals surface area contributed by atoms with Gasteiger partial charge < -0.3 is 20.6 Å². The highest BCUT2D eigenvalue weighted by Crippen LogP contribution is 2.50. The van der Waals surface area contributed by atoms with Gasteiger partial charge in [0.1, 0.15) is 0 Å². The maximum absolute atomic E-state index is 6.27. The minimum Gasteiger partial charge on any atom is -0.398 e. The number of hydrogen-bond acceptors (Lipinski definition) is 6. The number of halogens is 8. The zero-order valence-electron chi connectivity index (χ0n) is 67.3. The number of fused-ring (bicyclic) bond motifs is 22. The smallest absolute Gasteiger partial charge is 0.0720 e. The lowest BCUT2D eigenvalue weighted by Crippen LogP contribution is -2.20. The number of hydrogen-bond donors (Lipinski definition) is 3. The van der Waals surface area contributed by atoms with Crippen molar-refractivity contribution in [3.8, 4) is 5.69 Å². The van der Waals surface area contributed by atoms with Gasteiger partial charge in [-0.3, -0.25) is 0 Å². The lowest BCUT2D eigenvalue weighted by Gasteiger charge is -2.18. The lowest BCUT2D eigenvalue weighted by molar-refractivity contribution is 1.21. The van der Waals surface area contributed by atoms with E-state index in [0.717, 1.165) is 34.3 Å². The third-order valence-electron chi connectivity index (χ3n) is 22.1. The third kappa shape index (κ3) is 17.8. The molecule has 0 saturated carbocycles. The summed E-state index contributed by atoms with van der Waals surface area (Å²) in [7, 11) is -0.446. The minimum absolute atomic E-state index is 0.446. The van der Waals surface area contributed by atoms with Gasteiger partial charge in [0, 0.05) is 121 Å². The summed E-state index contributed by atoms with van der Waals surface area (Å²) >= 11 is 41.3. The van der Waals surface area contributed by atoms with E-state index in [1.165, 1.54) is 176 Å². The van der Waals surface area contributed by atoms with Crippen molar-refractivity contribution in [3.05, 3.63) is 443 Å². The fourth-order valence-electron chi connectivity index (χ4n) is 16.3. The van der Waals surface area contributed by atoms with Gasteiger partial charge in [-0.15, -0.1) is 45.3 Å². The Morgan fingerprint density at radius 1 is 0.283 bits per heavy atom. The number of nitrogens with zero attached hydrogens (tertiary/aromatic N) is 1. The van der Waals surface area contributed by atoms with Crippen LogP contribution < -0.4 is 27.0 Å². The van der Waals surface area contributed by atoms with Crippen molar-refractivity contribution in [2.75, 3.05) is 11.1 Å². The monoisotopic (exact) mass is 2150 g/mol. The van der Waals surface area contributed by atoms with Crippen LogP contribution in [0.25, 0.3) is 152 Å². The number of nitrogens with two attached hydrogens (primary N) is 1. The van der Waals surface area contributed by atoms with Crippen molar-refractivity contribution in [3.63, 3.8) is 0 Å². The average molecular weight is 2160 g/mol. The Bertz CT molecular complexity index is 8240. The largest absolute Gasteiger partial charge is 0.398 e. The highest BCUT2D eigenvalue weighted by Gasteiger charge is 2.23. The fourth-order valence-corrected chi connectivity index (χ4v) is 27.7. The predicted molar refractivity (Wildman–Crippen MR) is 584 cm³/mol. The first-order valence-electron chi connectivity index (χ1n) is 40.7. The predicted octanol–water partition coefficient (Wildman–Crippen LogP) is 37.3. The van der Waals surface area contributed by atoms with Gasteiger partial charge in [0.15, 0.2) is 0 Å². The molecular formula is C110H71Br6Cl2N4PS4. The molecule has 0 aliphatic carbocycles. The third-order valence-corrected chi connectivity index (χ3v) is 34.1. The van der Waals surface area contributed by atoms with E-state index >= 15 is 0 Å². The standard InChI is InChI=1S/C28H16BrNS.C18H11BrClNS.C18H10BrNS.C18H15P.C12H6Br2S.C10H7Br.C6H6ClN/c29-22-16-21-19-11-3-5-13-24(19)30(23-14-7-9-17-8-1-2-10-18(17)23)27(21)28-26(22)20-12-4-6-15-25(20)31-28;19-12-9-10-15(21-14-7-3-2-6-13(14)20)18-17(12)11-5-1-4-8-16(11)22-18;19-13-9-12-10-5-1-3-7-14(10)20-17(12)18-16(13)11-6-2-4-8-15(11)21-18;1-4-10-16(11-5-1)19(17-12-6-2-7-13-17)18-14-8-3-9-15-18;13-8-5-6-9(14)12-11(8)7-3-1-2-4-10(7)15-12;11-10-7-3-5-8-4-1-2-6-9(8)10;7-5-3-1-2-4-6(5)8/h1-16H;1-10,21H;1-9,20H;1-15H;1-6H;1-7H;1-4H,8H2. The molecule has 0 unspecified atom stereocenters. The van der Waals surface area contributed by atoms with Crippen LogP contribution in [0.2, 0.25) is 10.0 Å². The molecule has 127 heavy (non-hydrogen) atoms. The van der Waals surface area contributed by atoms with E-state index in [1.54, 1.807) is 23.5 Å². The van der Waals surface area contributed by atoms with Crippen LogP contribution in [-0.2, 0) is 0 Å². The molecule has 0 aliphatic rings. The Balaban J connectivity index is 0.0000000998. The molecule has 17 heteroatoms. The summed E-state index contributed by atoms with van der Waals surface area (Å²) in [5.41, 5.74) is 14.2. The number of H-pyrrole nitrogens is 1. The SMILES string of the molecule is Brc1cc2c3ccccc3[nH]c2c2sc3ccccc3c12.Brc1cc2c3ccccc3n(-c3cccc4ccccc34)c2c2sc3ccccc3c12.Brc1ccc(Br)c2c1sc1ccccc12.Brc1cccc2ccccc12.Clc1ccccc1Nc1ccc(Br)c2c1sc1ccccc12.Nc1ccccc1Cl.c1ccc(P(c2ccccc2)c2ccccc2)cc1. The zero-order chi connectivity index (χ0) is 86.6. The Morgan fingerprint density at radius 2 is 0.685 bits per heavy atom. The molecule has 19 aromatic carbocycles. The molecule has 0 aliphatic heterocycles. The van der Waals surface area contributed by atoms with E-state index in [9.17, 15) is 0 Å². The Hall–Kier alpha value is -10.3. The van der Waals surface area contributed by atoms with E-state index in [0.29, 0.717) is 10.7 Å². The second-order valence-electron chi connectivity index (χ2n) is 29.8. The molecule has 25 aromatic rings. The summed E-state index contributed by atoms with van der Waals surface area (Å²) < 4.78 is 19.9. The molecule has 25 rings (SSSR count). The van der Waals surface area contributed by atoms with Gasteiger partial charge in [0.2, 0.25) is 0 Å². The second kappa shape index (κ2) is 38.9. The molecule has 0 fully saturated rings. The lowest BCUT2D eigenvalue weighted by atomic mass is 10.1. The number of aromatic nitrogens is 2. The van der Waals surface area contributed by atoms with Gasteiger partial charge in [-0.2, -0.15) is 0 Å². The van der Waals surface area contributed by atoms with Crippen molar-refractivity contribution in [1.82, 2.24) is 9.55 Å². The molecule has 0 amide bonds. The zero-order valence-corrected chi connectivity index (χ0v) is 82.5. The molecule has 616 valence electrons. The van der Waals surface area contributed by atoms with Crippen LogP contribution in [0.15, 0.2) is 433 Å². The number of thiophene rings is 4. The molecule has 4 nitrogen and oxygen atoms in total. The molecule has 4 N–H and O–H groups in total. The summed E-state index contributed by atoms with van der Waals surface area (Å²) in [5, 5.41) is 29.6. The Labute approximate surface area is 811 Å². The van der Waals surface area contributed by atoms with Crippen LogP contribution in [0.5, 0.6) is 0 Å². The van der Waals surface area contributed by atoms with Gasteiger partial charge >= 0.3 is 0 Å². The van der Waals surface area contributed by atoms with Crippen molar-refractivity contribution in [2.24, 2.45) is 0 Å². The van der Waals surface area contributed by atoms with Crippen LogP contribution >= 0.6 is 172 Å². The normalized spacial score (nSPS) is 11.3. The van der Waals surface area contributed by atoms with Crippen LogP contribution in [0.4, 0.5) is 17.1 Å². The highest BCUT2D eigenvalue weighted by atomic mass is 79.9. The first kappa shape index (κ1) is 86.1. The average Bonchev–Trinajstić information content (AvgIpc) is 1.55. The van der Waals surface area contributed by atoms with Crippen LogP contribution in [0, 0.1) is 0 Å². The Morgan fingerprint density at radius 3 is 1.24 bits per heavy atom. The van der Waals surface area contributed by atoms with Crippen LogP contribution in [0.1, 0.15) is 0 Å². The summed E-state index contributed by atoms with van der Waals surface area (Å²) in [4.78, 5) is 3.60. The minimum atomic E-state index is -0.446. The number of nitrogen functional groups attached to an aromatic ring is 1. The quantitative estimate of drug-likeness (QED) is 0.115. The second-order valence-corrected chi connectivity index (χ2v) is 42.2. The maximum atomic E-state index is 6.27. The number of para-hydroxylation sites is 4. The summed E-state index contributed by atoms with van der Waals surface area (Å²) in [6.07, 6.45) is 0. The van der Waals surface area contributed by atoms with Crippen molar-refractivity contribution >= 4 is 351 Å². The van der Waals surface area contributed by atoms with Crippen LogP contribution in [-0.4, -0.2) is 9.55 Å². The van der Waals surface area contributed by atoms with Gasteiger partial charge in [0.05, 0.1) is 68.1 Å². The first-order valence-corrected chi connectivity index (χ1v) is 50.9. The number of anilines is 3. The maximum Gasteiger partial charge on any atom is 0.0720 e. The van der Waals surface area contributed by atoms with Crippen LogP contribution in [0.3, 0.4) is 0 Å². The summed E-state index contributed by atoms with van der Waals surface area (Å²) in [5.74, 6) is 0. The molecule has 0 radical (unpaired) electrons. The van der Waals surface area contributed by atoms with Crippen molar-refractivity contribution in [2.45, 2.75) is 0 Å². The molecule has 6 heterocycles. The number of benzene rings is 19. The number of nitrogens with one attached hydrogen (secondary N) is 2. The van der Waals surface area contributed by atoms with E-state index in [1.807, 2.05) is 82.5 Å². The van der Waals surface area contributed by atoms with Gasteiger partial charge in [-0.1, -0.05) is 400 Å². The summed E-state index contributed by atoms with van der Waals surface area (Å²) in [6.45, 7) is 0. The Kier molecular flexibility index (Phi) is 26.4. The molecule has 0 spiro atoms. The number of aromatic amines is 1. The van der Waals surface area contributed by atoms with Crippen molar-refractivity contribution in [1.29, 1.82) is 0 Å². The summed E-state index contributed by atoms with van der Waals surface area (Å²) in [6, 6.07) is 142. The topological polar surface area (TPSA) is 58.8 Å². The molecule has 0 bridgehead atoms. The van der Waals surface area contributed by atoms with Gasteiger partial charge in [-0.25, -0.2) is 0 Å². The van der Waals surface area contributed by atoms with E-state index in [2.05, 4.69) is 456 Å². The highest BCUT2D eigenvalue weighted by molar-refractivity contribution is 9.11. The number of rotatable bonds is 6. The van der Waals surface area contributed by atoms with E-state index in [-0.39, 0.29) is 0 Å². The van der Waals surface area contributed by atoms with E-state index < -0.39 is 7.92 Å². The molecule has 0 saturated heterocycles. The molecule has 6 aromatic heterocycles. The van der Waals surface area contributed by atoms with Gasteiger partial charge in [-0.05, 0) is 165 Å². The van der Waals surface area contributed by atoms with E-state index in [4.69, 9.17) is 28.9 Å².